The summed E-state index contributed by atoms with van der Waals surface area (Å²) in [5, 5.41) is 4.10. The molecule has 122 valence electrons. The summed E-state index contributed by atoms with van der Waals surface area (Å²) in [5.41, 5.74) is 2.36. The van der Waals surface area contributed by atoms with Crippen molar-refractivity contribution in [2.75, 3.05) is 12.3 Å². The van der Waals surface area contributed by atoms with Crippen molar-refractivity contribution >= 4 is 40.9 Å². The van der Waals surface area contributed by atoms with Gasteiger partial charge in [0.2, 0.25) is 5.91 Å². The molecule has 2 aromatic carbocycles. The maximum absolute atomic E-state index is 11.8. The van der Waals surface area contributed by atoms with Gasteiger partial charge in [0, 0.05) is 24.5 Å². The van der Waals surface area contributed by atoms with Crippen molar-refractivity contribution in [1.82, 2.24) is 5.32 Å². The van der Waals surface area contributed by atoms with E-state index in [0.717, 1.165) is 23.5 Å². The van der Waals surface area contributed by atoms with Gasteiger partial charge in [-0.05, 0) is 29.7 Å². The molecule has 0 unspecified atom stereocenters. The van der Waals surface area contributed by atoms with Crippen LogP contribution in [-0.4, -0.2) is 18.2 Å². The maximum atomic E-state index is 11.8. The molecule has 5 heteroatoms. The number of benzene rings is 2. The zero-order valence-corrected chi connectivity index (χ0v) is 15.1. The van der Waals surface area contributed by atoms with Gasteiger partial charge in [0.25, 0.3) is 0 Å². The lowest BCUT2D eigenvalue weighted by atomic mass is 10.1. The van der Waals surface area contributed by atoms with Gasteiger partial charge in [-0.25, -0.2) is 0 Å². The fourth-order valence-corrected chi connectivity index (χ4v) is 3.27. The van der Waals surface area contributed by atoms with Gasteiger partial charge in [-0.1, -0.05) is 59.6 Å². The van der Waals surface area contributed by atoms with E-state index in [9.17, 15) is 4.79 Å². The van der Waals surface area contributed by atoms with Crippen LogP contribution in [-0.2, 0) is 17.0 Å². The zero-order valence-electron chi connectivity index (χ0n) is 12.7. The second-order valence-corrected chi connectivity index (χ2v) is 7.06. The Kier molecular flexibility index (Phi) is 7.80. The summed E-state index contributed by atoms with van der Waals surface area (Å²) in [5.74, 6) is 1.72. The summed E-state index contributed by atoms with van der Waals surface area (Å²) in [6, 6.07) is 15.8. The van der Waals surface area contributed by atoms with Crippen LogP contribution >= 0.6 is 35.0 Å². The van der Waals surface area contributed by atoms with Gasteiger partial charge in [-0.2, -0.15) is 11.8 Å². The maximum Gasteiger partial charge on any atom is 0.220 e. The lowest BCUT2D eigenvalue weighted by molar-refractivity contribution is -0.120. The Hall–Kier alpha value is -1.16. The van der Waals surface area contributed by atoms with Crippen molar-refractivity contribution in [3.63, 3.8) is 0 Å². The molecule has 23 heavy (non-hydrogen) atoms. The normalized spacial score (nSPS) is 10.5. The molecule has 2 rings (SSSR count). The lowest BCUT2D eigenvalue weighted by Crippen LogP contribution is -2.25. The van der Waals surface area contributed by atoms with Crippen LogP contribution in [0.15, 0.2) is 48.5 Å². The van der Waals surface area contributed by atoms with E-state index in [2.05, 4.69) is 17.4 Å². The molecule has 0 atom stereocenters. The van der Waals surface area contributed by atoms with E-state index in [0.29, 0.717) is 23.0 Å². The van der Waals surface area contributed by atoms with Crippen LogP contribution in [0, 0.1) is 0 Å². The van der Waals surface area contributed by atoms with E-state index in [1.165, 1.54) is 5.56 Å². The molecule has 0 aliphatic carbocycles. The number of thioether (sulfide) groups is 1. The van der Waals surface area contributed by atoms with Crippen LogP contribution in [0.25, 0.3) is 0 Å². The quantitative estimate of drug-likeness (QED) is 0.666. The highest BCUT2D eigenvalue weighted by Gasteiger charge is 2.03. The fourth-order valence-electron chi connectivity index (χ4n) is 2.06. The molecule has 2 nitrogen and oxygen atoms in total. The molecule has 0 bridgehead atoms. The number of halogens is 2. The second kappa shape index (κ2) is 9.86. The number of hydrogen-bond acceptors (Lipinski definition) is 2. The molecule has 1 amide bonds. The van der Waals surface area contributed by atoms with Crippen LogP contribution in [0.3, 0.4) is 0 Å². The molecule has 0 spiro atoms. The first-order valence-corrected chi connectivity index (χ1v) is 9.38. The van der Waals surface area contributed by atoms with E-state index in [1.807, 2.05) is 30.3 Å². The smallest absolute Gasteiger partial charge is 0.220 e. The summed E-state index contributed by atoms with van der Waals surface area (Å²) in [6.07, 6.45) is 1.39. The van der Waals surface area contributed by atoms with Gasteiger partial charge in [0.1, 0.15) is 0 Å². The first-order valence-electron chi connectivity index (χ1n) is 7.47. The Bertz CT molecular complexity index is 634. The number of carbonyl (C=O) groups is 1. The minimum Gasteiger partial charge on any atom is -0.356 e. The predicted molar refractivity (Wildman–Crippen MR) is 100 cm³/mol. The van der Waals surface area contributed by atoms with Gasteiger partial charge in [-0.3, -0.25) is 4.79 Å². The number of amides is 1. The third-order valence-electron chi connectivity index (χ3n) is 3.30. The van der Waals surface area contributed by atoms with E-state index < -0.39 is 0 Å². The van der Waals surface area contributed by atoms with Crippen LogP contribution in [0.5, 0.6) is 0 Å². The van der Waals surface area contributed by atoms with Gasteiger partial charge in [0.15, 0.2) is 0 Å². The molecule has 0 heterocycles. The number of carbonyl (C=O) groups excluding carboxylic acids is 1. The van der Waals surface area contributed by atoms with Crippen molar-refractivity contribution in [3.05, 3.63) is 69.7 Å². The Balaban J connectivity index is 1.58. The molecule has 0 radical (unpaired) electrons. The number of nitrogens with one attached hydrogen (secondary N) is 1. The molecule has 0 fully saturated rings. The minimum atomic E-state index is 0.0996. The third kappa shape index (κ3) is 6.86. The van der Waals surface area contributed by atoms with Crippen molar-refractivity contribution in [1.29, 1.82) is 0 Å². The Morgan fingerprint density at radius 3 is 2.52 bits per heavy atom. The van der Waals surface area contributed by atoms with Gasteiger partial charge in [-0.15, -0.1) is 0 Å². The monoisotopic (exact) mass is 367 g/mol. The fraction of sp³-hybridized carbons (Fsp3) is 0.278. The van der Waals surface area contributed by atoms with Gasteiger partial charge in [0.05, 0.1) is 10.0 Å². The minimum absolute atomic E-state index is 0.0996. The summed E-state index contributed by atoms with van der Waals surface area (Å²) < 4.78 is 0. The average Bonchev–Trinajstić information content (AvgIpc) is 2.56. The summed E-state index contributed by atoms with van der Waals surface area (Å²) in [6.45, 7) is 0.681. The van der Waals surface area contributed by atoms with Crippen LogP contribution in [0.1, 0.15) is 17.5 Å². The molecule has 0 aromatic heterocycles. The van der Waals surface area contributed by atoms with E-state index >= 15 is 0 Å². The molecule has 1 N–H and O–H groups in total. The SMILES string of the molecule is O=C(CCSCc1ccc(Cl)c(Cl)c1)NCCc1ccccc1. The first-order chi connectivity index (χ1) is 11.1. The van der Waals surface area contributed by atoms with Crippen LogP contribution in [0.4, 0.5) is 0 Å². The average molecular weight is 368 g/mol. The number of hydrogen-bond donors (Lipinski definition) is 1. The van der Waals surface area contributed by atoms with Crippen molar-refractivity contribution < 1.29 is 4.79 Å². The summed E-state index contributed by atoms with van der Waals surface area (Å²) in [4.78, 5) is 11.8. The Morgan fingerprint density at radius 2 is 1.78 bits per heavy atom. The van der Waals surface area contributed by atoms with Crippen LogP contribution in [0.2, 0.25) is 10.0 Å². The van der Waals surface area contributed by atoms with Crippen molar-refractivity contribution in [3.8, 4) is 0 Å². The topological polar surface area (TPSA) is 29.1 Å². The van der Waals surface area contributed by atoms with E-state index in [-0.39, 0.29) is 5.91 Å². The van der Waals surface area contributed by atoms with E-state index in [4.69, 9.17) is 23.2 Å². The second-order valence-electron chi connectivity index (χ2n) is 5.14. The van der Waals surface area contributed by atoms with Crippen molar-refractivity contribution in [2.45, 2.75) is 18.6 Å². The molecule has 0 saturated heterocycles. The Labute approximate surface area is 151 Å². The molecule has 0 aliphatic heterocycles. The first kappa shape index (κ1) is 18.2. The number of rotatable bonds is 8. The highest BCUT2D eigenvalue weighted by Crippen LogP contribution is 2.24. The predicted octanol–water partition coefficient (Wildman–Crippen LogP) is 4.98. The van der Waals surface area contributed by atoms with Crippen LogP contribution < -0.4 is 5.32 Å². The summed E-state index contributed by atoms with van der Waals surface area (Å²) >= 11 is 13.6. The van der Waals surface area contributed by atoms with Gasteiger partial charge < -0.3 is 5.32 Å². The third-order valence-corrected chi connectivity index (χ3v) is 5.07. The highest BCUT2D eigenvalue weighted by molar-refractivity contribution is 7.98. The molecular formula is C18H19Cl2NOS. The van der Waals surface area contributed by atoms with Gasteiger partial charge >= 0.3 is 0 Å². The highest BCUT2D eigenvalue weighted by atomic mass is 35.5. The summed E-state index contributed by atoms with van der Waals surface area (Å²) in [7, 11) is 0. The molecule has 0 saturated carbocycles. The lowest BCUT2D eigenvalue weighted by Gasteiger charge is -2.06. The molecular weight excluding hydrogens is 349 g/mol. The Morgan fingerprint density at radius 1 is 1.00 bits per heavy atom. The van der Waals surface area contributed by atoms with Crippen molar-refractivity contribution in [2.24, 2.45) is 0 Å². The van der Waals surface area contributed by atoms with E-state index in [1.54, 1.807) is 17.8 Å². The zero-order chi connectivity index (χ0) is 16.5. The largest absolute Gasteiger partial charge is 0.356 e. The standard InChI is InChI=1S/C18H19Cl2NOS/c19-16-7-6-15(12-17(16)20)13-23-11-9-18(22)21-10-8-14-4-2-1-3-5-14/h1-7,12H,8-11,13H2,(H,21,22). The molecule has 2 aromatic rings. The molecule has 0 aliphatic rings.